The number of hydrogen-bond acceptors (Lipinski definition) is 6. The van der Waals surface area contributed by atoms with Crippen molar-refractivity contribution in [3.63, 3.8) is 0 Å². The second kappa shape index (κ2) is 7.72. The van der Waals surface area contributed by atoms with Crippen molar-refractivity contribution >= 4 is 21.8 Å². The highest BCUT2D eigenvalue weighted by atomic mass is 32.2. The van der Waals surface area contributed by atoms with Gasteiger partial charge in [0.15, 0.2) is 0 Å². The van der Waals surface area contributed by atoms with Crippen LogP contribution in [0.3, 0.4) is 0 Å². The lowest BCUT2D eigenvalue weighted by Crippen LogP contribution is -2.42. The molecule has 1 aromatic heterocycles. The SMILES string of the molecule is COc1ccc(C(=O)NNC(=O)c2ccccn2)cc1S(=O)(=O)NC1CC1. The van der Waals surface area contributed by atoms with Gasteiger partial charge in [-0.15, -0.1) is 0 Å². The van der Waals surface area contributed by atoms with Gasteiger partial charge in [-0.05, 0) is 43.2 Å². The first-order valence-electron chi connectivity index (χ1n) is 8.13. The molecule has 0 atom stereocenters. The summed E-state index contributed by atoms with van der Waals surface area (Å²) in [6, 6.07) is 8.68. The van der Waals surface area contributed by atoms with Crippen molar-refractivity contribution in [3.05, 3.63) is 53.9 Å². The van der Waals surface area contributed by atoms with E-state index in [0.29, 0.717) is 0 Å². The number of benzene rings is 1. The minimum Gasteiger partial charge on any atom is -0.495 e. The van der Waals surface area contributed by atoms with E-state index in [2.05, 4.69) is 20.6 Å². The number of ether oxygens (including phenoxy) is 1. The molecule has 0 saturated heterocycles. The van der Waals surface area contributed by atoms with Gasteiger partial charge < -0.3 is 4.74 Å². The standard InChI is InChI=1S/C17H18N4O5S/c1-26-14-8-5-11(10-15(14)27(24,25)21-12-6-7-12)16(22)19-20-17(23)13-4-2-3-9-18-13/h2-5,8-10,12,21H,6-7H2,1H3,(H,19,22)(H,20,23). The lowest BCUT2D eigenvalue weighted by molar-refractivity contribution is 0.0844. The topological polar surface area (TPSA) is 126 Å². The maximum Gasteiger partial charge on any atom is 0.288 e. The minimum absolute atomic E-state index is 0.0493. The van der Waals surface area contributed by atoms with E-state index < -0.39 is 21.8 Å². The number of aromatic nitrogens is 1. The largest absolute Gasteiger partial charge is 0.495 e. The third-order valence-corrected chi connectivity index (χ3v) is 5.34. The zero-order chi connectivity index (χ0) is 19.4. The highest BCUT2D eigenvalue weighted by Gasteiger charge is 2.30. The van der Waals surface area contributed by atoms with E-state index in [1.54, 1.807) is 12.1 Å². The monoisotopic (exact) mass is 390 g/mol. The highest BCUT2D eigenvalue weighted by Crippen LogP contribution is 2.28. The van der Waals surface area contributed by atoms with Crippen LogP contribution < -0.4 is 20.3 Å². The van der Waals surface area contributed by atoms with Gasteiger partial charge in [0.2, 0.25) is 10.0 Å². The Kier molecular flexibility index (Phi) is 5.38. The van der Waals surface area contributed by atoms with Crippen LogP contribution in [0.1, 0.15) is 33.7 Å². The molecule has 0 unspecified atom stereocenters. The van der Waals surface area contributed by atoms with Gasteiger partial charge in [-0.1, -0.05) is 6.07 Å². The normalized spacial score (nSPS) is 13.7. The molecule has 10 heteroatoms. The third kappa shape index (κ3) is 4.60. The van der Waals surface area contributed by atoms with Crippen LogP contribution in [0.5, 0.6) is 5.75 Å². The van der Waals surface area contributed by atoms with E-state index in [1.165, 1.54) is 37.6 Å². The number of methoxy groups -OCH3 is 1. The average Bonchev–Trinajstić information content (AvgIpc) is 3.49. The van der Waals surface area contributed by atoms with Crippen molar-refractivity contribution in [1.29, 1.82) is 0 Å². The molecule has 3 rings (SSSR count). The van der Waals surface area contributed by atoms with Gasteiger partial charge in [-0.25, -0.2) is 13.1 Å². The molecule has 1 fully saturated rings. The Balaban J connectivity index is 1.75. The number of hydrazine groups is 1. The molecule has 3 N–H and O–H groups in total. The molecule has 0 radical (unpaired) electrons. The van der Waals surface area contributed by atoms with Crippen molar-refractivity contribution in [3.8, 4) is 5.75 Å². The molecular weight excluding hydrogens is 372 g/mol. The van der Waals surface area contributed by atoms with Crippen LogP contribution in [0.2, 0.25) is 0 Å². The van der Waals surface area contributed by atoms with Gasteiger partial charge in [0, 0.05) is 17.8 Å². The first-order valence-corrected chi connectivity index (χ1v) is 9.61. The van der Waals surface area contributed by atoms with Crippen LogP contribution >= 0.6 is 0 Å². The number of carbonyl (C=O) groups is 2. The summed E-state index contributed by atoms with van der Waals surface area (Å²) in [7, 11) is -2.48. The zero-order valence-electron chi connectivity index (χ0n) is 14.4. The second-order valence-corrected chi connectivity index (χ2v) is 7.57. The fourth-order valence-corrected chi connectivity index (χ4v) is 3.76. The molecule has 1 aliphatic carbocycles. The van der Waals surface area contributed by atoms with E-state index >= 15 is 0 Å². The summed E-state index contributed by atoms with van der Waals surface area (Å²) in [6.07, 6.45) is 3.01. The summed E-state index contributed by atoms with van der Waals surface area (Å²) in [5.74, 6) is -1.15. The van der Waals surface area contributed by atoms with Gasteiger partial charge in [-0.2, -0.15) is 0 Å². The fraction of sp³-hybridized carbons (Fsp3) is 0.235. The zero-order valence-corrected chi connectivity index (χ0v) is 15.2. The van der Waals surface area contributed by atoms with E-state index in [4.69, 9.17) is 4.74 Å². The maximum atomic E-state index is 12.5. The lowest BCUT2D eigenvalue weighted by atomic mass is 10.2. The molecule has 9 nitrogen and oxygen atoms in total. The molecule has 2 aromatic rings. The van der Waals surface area contributed by atoms with Crippen molar-refractivity contribution in [2.24, 2.45) is 0 Å². The molecule has 1 aromatic carbocycles. The highest BCUT2D eigenvalue weighted by molar-refractivity contribution is 7.89. The number of amides is 2. The number of pyridine rings is 1. The van der Waals surface area contributed by atoms with Gasteiger partial charge in [-0.3, -0.25) is 25.4 Å². The molecule has 142 valence electrons. The van der Waals surface area contributed by atoms with E-state index in [0.717, 1.165) is 12.8 Å². The van der Waals surface area contributed by atoms with Crippen LogP contribution in [0.25, 0.3) is 0 Å². The molecule has 0 aliphatic heterocycles. The van der Waals surface area contributed by atoms with Crippen molar-refractivity contribution in [2.45, 2.75) is 23.8 Å². The van der Waals surface area contributed by atoms with Gasteiger partial charge in [0.05, 0.1) is 7.11 Å². The van der Waals surface area contributed by atoms with Crippen molar-refractivity contribution in [2.75, 3.05) is 7.11 Å². The number of nitrogens with one attached hydrogen (secondary N) is 3. The summed E-state index contributed by atoms with van der Waals surface area (Å²) in [6.45, 7) is 0. The van der Waals surface area contributed by atoms with Crippen LogP contribution in [0.4, 0.5) is 0 Å². The summed E-state index contributed by atoms with van der Waals surface area (Å²) in [4.78, 5) is 27.9. The summed E-state index contributed by atoms with van der Waals surface area (Å²) in [5.41, 5.74) is 4.64. The van der Waals surface area contributed by atoms with Gasteiger partial charge >= 0.3 is 0 Å². The maximum absolute atomic E-state index is 12.5. The Bertz CT molecular complexity index is 959. The minimum atomic E-state index is -3.82. The Morgan fingerprint density at radius 3 is 2.48 bits per heavy atom. The Morgan fingerprint density at radius 2 is 1.85 bits per heavy atom. The predicted molar refractivity (Wildman–Crippen MR) is 95.5 cm³/mol. The van der Waals surface area contributed by atoms with Crippen molar-refractivity contribution < 1.29 is 22.7 Å². The van der Waals surface area contributed by atoms with Gasteiger partial charge in [0.25, 0.3) is 11.8 Å². The van der Waals surface area contributed by atoms with E-state index in [1.807, 2.05) is 0 Å². The van der Waals surface area contributed by atoms with Crippen LogP contribution in [-0.2, 0) is 10.0 Å². The molecule has 1 aliphatic rings. The fourth-order valence-electron chi connectivity index (χ4n) is 2.26. The molecule has 2 amide bonds. The average molecular weight is 390 g/mol. The molecule has 27 heavy (non-hydrogen) atoms. The smallest absolute Gasteiger partial charge is 0.288 e. The van der Waals surface area contributed by atoms with Crippen LogP contribution in [-0.4, -0.2) is 38.4 Å². The molecule has 0 spiro atoms. The first-order chi connectivity index (χ1) is 12.9. The van der Waals surface area contributed by atoms with Crippen LogP contribution in [0.15, 0.2) is 47.5 Å². The first kappa shape index (κ1) is 18.8. The summed E-state index contributed by atoms with van der Waals surface area (Å²) < 4.78 is 32.6. The number of carbonyl (C=O) groups excluding carboxylic acids is 2. The predicted octanol–water partition coefficient (Wildman–Crippen LogP) is 0.606. The van der Waals surface area contributed by atoms with E-state index in [9.17, 15) is 18.0 Å². The third-order valence-electron chi connectivity index (χ3n) is 3.80. The number of rotatable bonds is 6. The quantitative estimate of drug-likeness (QED) is 0.620. The molecule has 0 bridgehead atoms. The lowest BCUT2D eigenvalue weighted by Gasteiger charge is -2.12. The molecule has 1 saturated carbocycles. The Morgan fingerprint density at radius 1 is 1.11 bits per heavy atom. The summed E-state index contributed by atoms with van der Waals surface area (Å²) >= 11 is 0. The second-order valence-electron chi connectivity index (χ2n) is 5.88. The number of nitrogens with zero attached hydrogens (tertiary/aromatic N) is 1. The number of hydrogen-bond donors (Lipinski definition) is 3. The summed E-state index contributed by atoms with van der Waals surface area (Å²) in [5, 5.41) is 0. The van der Waals surface area contributed by atoms with Gasteiger partial charge in [0.1, 0.15) is 16.3 Å². The Hall–Kier alpha value is -2.98. The Labute approximate surface area is 156 Å². The molecular formula is C17H18N4O5S. The molecule has 1 heterocycles. The van der Waals surface area contributed by atoms with Crippen LogP contribution in [0, 0.1) is 0 Å². The van der Waals surface area contributed by atoms with E-state index in [-0.39, 0.29) is 27.9 Å². The number of sulfonamides is 1. The van der Waals surface area contributed by atoms with Crippen molar-refractivity contribution in [1.82, 2.24) is 20.6 Å².